The quantitative estimate of drug-likeness (QED) is 0.879. The number of ether oxygens (including phenoxy) is 1. The lowest BCUT2D eigenvalue weighted by Gasteiger charge is -2.34. The number of nitrogens with one attached hydrogen (secondary N) is 2. The summed E-state index contributed by atoms with van der Waals surface area (Å²) in [4.78, 5) is 16.8. The molecular formula is C16H13Cl2N3O2. The lowest BCUT2D eigenvalue weighted by molar-refractivity contribution is -0.129. The summed E-state index contributed by atoms with van der Waals surface area (Å²) in [5, 5.41) is 6.33. The van der Waals surface area contributed by atoms with Crippen LogP contribution < -0.4 is 10.6 Å². The van der Waals surface area contributed by atoms with Gasteiger partial charge in [-0.3, -0.25) is 9.78 Å². The number of hydrogen-bond donors (Lipinski definition) is 2. The van der Waals surface area contributed by atoms with Gasteiger partial charge in [-0.1, -0.05) is 35.4 Å². The molecule has 7 heteroatoms. The van der Waals surface area contributed by atoms with Crippen LogP contribution in [-0.2, 0) is 9.53 Å². The molecule has 1 atom stereocenters. The van der Waals surface area contributed by atoms with E-state index in [2.05, 4.69) is 15.6 Å². The van der Waals surface area contributed by atoms with Gasteiger partial charge in [-0.2, -0.15) is 0 Å². The first kappa shape index (κ1) is 15.8. The van der Waals surface area contributed by atoms with Gasteiger partial charge in [0.2, 0.25) is 0 Å². The molecule has 1 aliphatic heterocycles. The van der Waals surface area contributed by atoms with Gasteiger partial charge in [-0.15, -0.1) is 0 Å². The maximum Gasteiger partial charge on any atom is 0.265 e. The van der Waals surface area contributed by atoms with Crippen molar-refractivity contribution in [3.63, 3.8) is 0 Å². The van der Waals surface area contributed by atoms with Crippen LogP contribution in [0.5, 0.6) is 0 Å². The number of carbonyl (C=O) groups is 1. The van der Waals surface area contributed by atoms with Gasteiger partial charge >= 0.3 is 0 Å². The van der Waals surface area contributed by atoms with Crippen molar-refractivity contribution < 1.29 is 9.53 Å². The molecule has 1 aromatic rings. The standard InChI is InChI=1S/C16H13Cl2N3O2/c1-23-16(6-2-5-13-10(16)4-3-7-20-13)15(22)21-14-11(17)8-19-9-12(14)18/h2-9,20H,1H3,(H,19,21,22). The zero-order valence-electron chi connectivity index (χ0n) is 12.1. The van der Waals surface area contributed by atoms with Crippen LogP contribution in [0.1, 0.15) is 0 Å². The summed E-state index contributed by atoms with van der Waals surface area (Å²) < 4.78 is 5.58. The second-order valence-corrected chi connectivity index (χ2v) is 5.71. The van der Waals surface area contributed by atoms with Crippen molar-refractivity contribution in [3.05, 3.63) is 70.3 Å². The van der Waals surface area contributed by atoms with Gasteiger partial charge < -0.3 is 15.4 Å². The van der Waals surface area contributed by atoms with Crippen LogP contribution in [0.3, 0.4) is 0 Å². The SMILES string of the molecule is COC1(C(=O)Nc2c(Cl)cncc2Cl)C=CC=C2NC=CC=C21. The molecule has 2 N–H and O–H groups in total. The Kier molecular flexibility index (Phi) is 4.26. The normalized spacial score (nSPS) is 21.9. The van der Waals surface area contributed by atoms with Crippen LogP contribution >= 0.6 is 23.2 Å². The number of aromatic nitrogens is 1. The largest absolute Gasteiger partial charge is 0.361 e. The van der Waals surface area contributed by atoms with Crippen molar-refractivity contribution in [2.45, 2.75) is 5.60 Å². The van der Waals surface area contributed by atoms with Crippen molar-refractivity contribution >= 4 is 34.8 Å². The predicted molar refractivity (Wildman–Crippen MR) is 90.2 cm³/mol. The first-order valence-corrected chi connectivity index (χ1v) is 7.53. The number of hydrogen-bond acceptors (Lipinski definition) is 4. The molecule has 1 aliphatic carbocycles. The van der Waals surface area contributed by atoms with Gasteiger partial charge in [0, 0.05) is 37.0 Å². The summed E-state index contributed by atoms with van der Waals surface area (Å²) in [6.45, 7) is 0. The third kappa shape index (κ3) is 2.67. The monoisotopic (exact) mass is 349 g/mol. The molecule has 3 rings (SSSR count). The Morgan fingerprint density at radius 2 is 2.00 bits per heavy atom. The number of methoxy groups -OCH3 is 1. The molecule has 118 valence electrons. The predicted octanol–water partition coefficient (Wildman–Crippen LogP) is 3.21. The molecule has 0 fully saturated rings. The lowest BCUT2D eigenvalue weighted by Crippen LogP contribution is -2.47. The first-order valence-electron chi connectivity index (χ1n) is 6.78. The molecule has 2 heterocycles. The van der Waals surface area contributed by atoms with Gasteiger partial charge in [-0.05, 0) is 18.2 Å². The number of fused-ring (bicyclic) bond motifs is 1. The molecule has 0 spiro atoms. The number of carbonyl (C=O) groups excluding carboxylic acids is 1. The molecule has 5 nitrogen and oxygen atoms in total. The van der Waals surface area contributed by atoms with E-state index < -0.39 is 11.5 Å². The second kappa shape index (κ2) is 6.20. The third-order valence-corrected chi connectivity index (χ3v) is 4.21. The van der Waals surface area contributed by atoms with E-state index in [9.17, 15) is 4.79 Å². The number of nitrogens with zero attached hydrogens (tertiary/aromatic N) is 1. The van der Waals surface area contributed by atoms with E-state index in [1.54, 1.807) is 24.4 Å². The average molecular weight is 350 g/mol. The summed E-state index contributed by atoms with van der Waals surface area (Å²) in [6, 6.07) is 0. The number of allylic oxidation sites excluding steroid dienone is 4. The molecule has 2 aliphatic rings. The highest BCUT2D eigenvalue weighted by atomic mass is 35.5. The Morgan fingerprint density at radius 3 is 2.70 bits per heavy atom. The minimum absolute atomic E-state index is 0.253. The molecule has 0 aromatic carbocycles. The number of dihydropyridines is 1. The number of rotatable bonds is 3. The Balaban J connectivity index is 1.99. The smallest absolute Gasteiger partial charge is 0.265 e. The van der Waals surface area contributed by atoms with Gasteiger partial charge in [0.05, 0.1) is 15.7 Å². The van der Waals surface area contributed by atoms with Crippen molar-refractivity contribution in [3.8, 4) is 0 Å². The topological polar surface area (TPSA) is 63.2 Å². The minimum atomic E-state index is -1.28. The van der Waals surface area contributed by atoms with E-state index in [0.29, 0.717) is 11.3 Å². The molecule has 1 amide bonds. The fraction of sp³-hybridized carbons (Fsp3) is 0.125. The molecule has 1 unspecified atom stereocenters. The van der Waals surface area contributed by atoms with E-state index >= 15 is 0 Å². The van der Waals surface area contributed by atoms with E-state index in [-0.39, 0.29) is 10.0 Å². The van der Waals surface area contributed by atoms with E-state index in [1.807, 2.05) is 12.2 Å². The molecule has 0 bridgehead atoms. The van der Waals surface area contributed by atoms with E-state index in [0.717, 1.165) is 5.70 Å². The van der Waals surface area contributed by atoms with Gasteiger partial charge in [0.15, 0.2) is 5.60 Å². The zero-order valence-corrected chi connectivity index (χ0v) is 13.7. The van der Waals surface area contributed by atoms with E-state index in [1.165, 1.54) is 19.5 Å². The van der Waals surface area contributed by atoms with Gasteiger partial charge in [0.25, 0.3) is 5.91 Å². The van der Waals surface area contributed by atoms with Crippen LogP contribution in [0.4, 0.5) is 5.69 Å². The summed E-state index contributed by atoms with van der Waals surface area (Å²) in [7, 11) is 1.47. The van der Waals surface area contributed by atoms with Crippen LogP contribution in [-0.4, -0.2) is 23.6 Å². The van der Waals surface area contributed by atoms with E-state index in [4.69, 9.17) is 27.9 Å². The summed E-state index contributed by atoms with van der Waals surface area (Å²) in [5.41, 5.74) is 0.509. The maximum absolute atomic E-state index is 12.9. The van der Waals surface area contributed by atoms with Crippen LogP contribution in [0.15, 0.2) is 60.2 Å². The minimum Gasteiger partial charge on any atom is -0.361 e. The Bertz CT molecular complexity index is 763. The van der Waals surface area contributed by atoms with Crippen LogP contribution in [0, 0.1) is 0 Å². The summed E-state index contributed by atoms with van der Waals surface area (Å²) >= 11 is 12.1. The molecule has 23 heavy (non-hydrogen) atoms. The maximum atomic E-state index is 12.9. The fourth-order valence-electron chi connectivity index (χ4n) is 2.49. The first-order chi connectivity index (χ1) is 11.1. The number of amides is 1. The van der Waals surface area contributed by atoms with Gasteiger partial charge in [0.1, 0.15) is 0 Å². The second-order valence-electron chi connectivity index (χ2n) is 4.90. The van der Waals surface area contributed by atoms with Crippen molar-refractivity contribution in [1.29, 1.82) is 0 Å². The average Bonchev–Trinajstić information content (AvgIpc) is 2.57. The number of anilines is 1. The fourth-order valence-corrected chi connectivity index (χ4v) is 2.95. The molecular weight excluding hydrogens is 337 g/mol. The van der Waals surface area contributed by atoms with Crippen LogP contribution in [0.25, 0.3) is 0 Å². The number of pyridine rings is 1. The van der Waals surface area contributed by atoms with Crippen molar-refractivity contribution in [2.75, 3.05) is 12.4 Å². The highest BCUT2D eigenvalue weighted by Gasteiger charge is 2.43. The summed E-state index contributed by atoms with van der Waals surface area (Å²) in [6.07, 6.45) is 13.5. The van der Waals surface area contributed by atoms with Gasteiger partial charge in [-0.25, -0.2) is 0 Å². The molecule has 0 saturated carbocycles. The zero-order chi connectivity index (χ0) is 16.4. The highest BCUT2D eigenvalue weighted by Crippen LogP contribution is 2.36. The summed E-state index contributed by atoms with van der Waals surface area (Å²) in [5.74, 6) is -0.403. The Labute approximate surface area is 143 Å². The number of halogens is 2. The van der Waals surface area contributed by atoms with Crippen LogP contribution in [0.2, 0.25) is 10.0 Å². The third-order valence-electron chi connectivity index (χ3n) is 3.63. The molecule has 0 radical (unpaired) electrons. The Morgan fingerprint density at radius 1 is 1.26 bits per heavy atom. The Hall–Kier alpha value is -2.08. The molecule has 1 aromatic heterocycles. The van der Waals surface area contributed by atoms with Crippen molar-refractivity contribution in [2.24, 2.45) is 0 Å². The lowest BCUT2D eigenvalue weighted by atomic mass is 9.84. The highest BCUT2D eigenvalue weighted by molar-refractivity contribution is 6.39. The molecule has 0 saturated heterocycles. The van der Waals surface area contributed by atoms with Crippen molar-refractivity contribution in [1.82, 2.24) is 10.3 Å².